The first-order valence-corrected chi connectivity index (χ1v) is 4.80. The van der Waals surface area contributed by atoms with Crippen molar-refractivity contribution in [1.82, 2.24) is 0 Å². The first-order valence-electron chi connectivity index (χ1n) is 4.80. The van der Waals surface area contributed by atoms with Crippen LogP contribution in [0.25, 0.3) is 0 Å². The number of aliphatic hydroxyl groups excluding tert-OH is 1. The van der Waals surface area contributed by atoms with Crippen LogP contribution in [0.3, 0.4) is 0 Å². The van der Waals surface area contributed by atoms with Crippen molar-refractivity contribution in [1.29, 1.82) is 0 Å². The number of benzene rings is 1. The van der Waals surface area contributed by atoms with Gasteiger partial charge < -0.3 is 10.8 Å². The largest absolute Gasteiger partial charge is 0.387 e. The van der Waals surface area contributed by atoms with Crippen molar-refractivity contribution in [3.05, 3.63) is 35.4 Å². The molecule has 1 aromatic carbocycles. The van der Waals surface area contributed by atoms with Crippen LogP contribution in [-0.4, -0.2) is 11.7 Å². The summed E-state index contributed by atoms with van der Waals surface area (Å²) in [6, 6.07) is 8.07. The summed E-state index contributed by atoms with van der Waals surface area (Å²) in [5.41, 5.74) is 7.76. The molecule has 1 aliphatic rings. The van der Waals surface area contributed by atoms with Crippen molar-refractivity contribution in [2.75, 3.05) is 6.54 Å². The molecule has 3 N–H and O–H groups in total. The molecular formula is C11H15NO. The van der Waals surface area contributed by atoms with E-state index in [4.69, 9.17) is 5.73 Å². The molecule has 0 aromatic heterocycles. The molecule has 1 aliphatic carbocycles. The average molecular weight is 177 g/mol. The Kier molecular flexibility index (Phi) is 2.34. The minimum atomic E-state index is -0.489. The molecular weight excluding hydrogens is 162 g/mol. The van der Waals surface area contributed by atoms with Crippen molar-refractivity contribution >= 4 is 0 Å². The second kappa shape index (κ2) is 3.48. The zero-order chi connectivity index (χ0) is 9.26. The number of hydrogen-bond acceptors (Lipinski definition) is 2. The monoisotopic (exact) mass is 177 g/mol. The van der Waals surface area contributed by atoms with Crippen molar-refractivity contribution in [3.63, 3.8) is 0 Å². The van der Waals surface area contributed by atoms with E-state index >= 15 is 0 Å². The Morgan fingerprint density at radius 1 is 1.38 bits per heavy atom. The molecule has 0 unspecified atom stereocenters. The van der Waals surface area contributed by atoms with Crippen molar-refractivity contribution in [2.45, 2.75) is 24.9 Å². The third-order valence-corrected chi connectivity index (χ3v) is 2.60. The van der Waals surface area contributed by atoms with E-state index in [1.54, 1.807) is 0 Å². The highest BCUT2D eigenvalue weighted by Gasteiger charge is 2.26. The van der Waals surface area contributed by atoms with E-state index in [1.165, 1.54) is 18.4 Å². The molecule has 1 saturated carbocycles. The van der Waals surface area contributed by atoms with Gasteiger partial charge in [0.05, 0.1) is 6.10 Å². The molecule has 0 spiro atoms. The quantitative estimate of drug-likeness (QED) is 0.736. The lowest BCUT2D eigenvalue weighted by Gasteiger charge is -2.12. The Balaban J connectivity index is 2.31. The first kappa shape index (κ1) is 8.73. The maximum Gasteiger partial charge on any atom is 0.0914 e. The summed E-state index contributed by atoms with van der Waals surface area (Å²) < 4.78 is 0. The summed E-state index contributed by atoms with van der Waals surface area (Å²) in [7, 11) is 0. The van der Waals surface area contributed by atoms with Gasteiger partial charge in [-0.3, -0.25) is 0 Å². The summed E-state index contributed by atoms with van der Waals surface area (Å²) in [6.07, 6.45) is 2.03. The molecule has 70 valence electrons. The van der Waals surface area contributed by atoms with Crippen LogP contribution in [0.1, 0.15) is 36.0 Å². The number of rotatable bonds is 3. The first-order chi connectivity index (χ1) is 6.33. The van der Waals surface area contributed by atoms with Crippen LogP contribution in [-0.2, 0) is 0 Å². The maximum absolute atomic E-state index is 9.66. The number of aliphatic hydroxyl groups is 1. The topological polar surface area (TPSA) is 46.2 Å². The molecule has 0 bridgehead atoms. The van der Waals surface area contributed by atoms with Gasteiger partial charge in [0.15, 0.2) is 0 Å². The maximum atomic E-state index is 9.66. The van der Waals surface area contributed by atoms with E-state index in [-0.39, 0.29) is 0 Å². The van der Waals surface area contributed by atoms with E-state index in [9.17, 15) is 5.11 Å². The Morgan fingerprint density at radius 3 is 2.69 bits per heavy atom. The molecule has 0 heterocycles. The van der Waals surface area contributed by atoms with Crippen LogP contribution in [0.2, 0.25) is 0 Å². The van der Waals surface area contributed by atoms with E-state index in [2.05, 4.69) is 6.07 Å². The van der Waals surface area contributed by atoms with Crippen LogP contribution >= 0.6 is 0 Å². The summed E-state index contributed by atoms with van der Waals surface area (Å²) >= 11 is 0. The van der Waals surface area contributed by atoms with E-state index in [1.807, 2.05) is 18.2 Å². The molecule has 2 heteroatoms. The highest BCUT2D eigenvalue weighted by Crippen LogP contribution is 2.42. The van der Waals surface area contributed by atoms with Crippen LogP contribution in [0.4, 0.5) is 0 Å². The second-order valence-corrected chi connectivity index (χ2v) is 3.65. The summed E-state index contributed by atoms with van der Waals surface area (Å²) in [5, 5.41) is 9.66. The molecule has 0 radical (unpaired) electrons. The van der Waals surface area contributed by atoms with Gasteiger partial charge in [-0.15, -0.1) is 0 Å². The van der Waals surface area contributed by atoms with Gasteiger partial charge in [0.25, 0.3) is 0 Å². The third kappa shape index (κ3) is 1.74. The van der Waals surface area contributed by atoms with E-state index < -0.39 is 6.10 Å². The smallest absolute Gasteiger partial charge is 0.0914 e. The summed E-state index contributed by atoms with van der Waals surface area (Å²) in [6.45, 7) is 0.309. The Bertz CT molecular complexity index is 294. The van der Waals surface area contributed by atoms with Gasteiger partial charge in [0.1, 0.15) is 0 Å². The van der Waals surface area contributed by atoms with Gasteiger partial charge in [0, 0.05) is 6.54 Å². The average Bonchev–Trinajstić information content (AvgIpc) is 3.00. The fourth-order valence-electron chi connectivity index (χ4n) is 1.71. The predicted octanol–water partition coefficient (Wildman–Crippen LogP) is 1.56. The van der Waals surface area contributed by atoms with Gasteiger partial charge in [-0.2, -0.15) is 0 Å². The van der Waals surface area contributed by atoms with E-state index in [0.717, 1.165) is 5.56 Å². The molecule has 2 nitrogen and oxygen atoms in total. The van der Waals surface area contributed by atoms with Crippen molar-refractivity contribution in [2.24, 2.45) is 5.73 Å². The van der Waals surface area contributed by atoms with Gasteiger partial charge in [-0.1, -0.05) is 24.3 Å². The van der Waals surface area contributed by atoms with Crippen molar-refractivity contribution < 1.29 is 5.11 Å². The fraction of sp³-hybridized carbons (Fsp3) is 0.455. The number of hydrogen-bond donors (Lipinski definition) is 2. The molecule has 13 heavy (non-hydrogen) atoms. The molecule has 0 saturated heterocycles. The van der Waals surface area contributed by atoms with Crippen LogP contribution in [0.15, 0.2) is 24.3 Å². The minimum Gasteiger partial charge on any atom is -0.387 e. The van der Waals surface area contributed by atoms with Gasteiger partial charge in [0.2, 0.25) is 0 Å². The Hall–Kier alpha value is -0.860. The lowest BCUT2D eigenvalue weighted by molar-refractivity contribution is 0.185. The number of nitrogens with two attached hydrogens (primary N) is 1. The SMILES string of the molecule is NC[C@H](O)c1ccccc1C1CC1. The highest BCUT2D eigenvalue weighted by atomic mass is 16.3. The zero-order valence-corrected chi connectivity index (χ0v) is 7.61. The Morgan fingerprint density at radius 2 is 2.08 bits per heavy atom. The Labute approximate surface area is 78.4 Å². The molecule has 0 amide bonds. The van der Waals surface area contributed by atoms with Gasteiger partial charge >= 0.3 is 0 Å². The zero-order valence-electron chi connectivity index (χ0n) is 7.61. The lowest BCUT2D eigenvalue weighted by atomic mass is 9.99. The second-order valence-electron chi connectivity index (χ2n) is 3.65. The van der Waals surface area contributed by atoms with Crippen LogP contribution in [0.5, 0.6) is 0 Å². The van der Waals surface area contributed by atoms with Crippen LogP contribution in [0, 0.1) is 0 Å². The highest BCUT2D eigenvalue weighted by molar-refractivity contribution is 5.34. The molecule has 1 atom stereocenters. The minimum absolute atomic E-state index is 0.309. The normalized spacial score (nSPS) is 18.6. The summed E-state index contributed by atoms with van der Waals surface area (Å²) in [5.74, 6) is 0.678. The van der Waals surface area contributed by atoms with Gasteiger partial charge in [-0.25, -0.2) is 0 Å². The standard InChI is InChI=1S/C11H15NO/c12-7-11(13)10-4-2-1-3-9(10)8-5-6-8/h1-4,8,11,13H,5-7,12H2/t11-/m0/s1. The van der Waals surface area contributed by atoms with Crippen molar-refractivity contribution in [3.8, 4) is 0 Å². The summed E-state index contributed by atoms with van der Waals surface area (Å²) in [4.78, 5) is 0. The molecule has 1 fully saturated rings. The lowest BCUT2D eigenvalue weighted by Crippen LogP contribution is -2.13. The fourth-order valence-corrected chi connectivity index (χ4v) is 1.71. The molecule has 0 aliphatic heterocycles. The molecule has 2 rings (SSSR count). The third-order valence-electron chi connectivity index (χ3n) is 2.60. The van der Waals surface area contributed by atoms with Crippen LogP contribution < -0.4 is 5.73 Å². The molecule has 1 aromatic rings. The predicted molar refractivity (Wildman–Crippen MR) is 52.4 cm³/mol. The van der Waals surface area contributed by atoms with Gasteiger partial charge in [-0.05, 0) is 29.9 Å². The van der Waals surface area contributed by atoms with E-state index in [0.29, 0.717) is 12.5 Å².